The summed E-state index contributed by atoms with van der Waals surface area (Å²) in [7, 11) is 1.50. The van der Waals surface area contributed by atoms with E-state index < -0.39 is 18.0 Å². The van der Waals surface area contributed by atoms with Gasteiger partial charge < -0.3 is 14.6 Å². The van der Waals surface area contributed by atoms with Gasteiger partial charge >= 0.3 is 0 Å². The Morgan fingerprint density at radius 3 is 2.55 bits per heavy atom. The van der Waals surface area contributed by atoms with Crippen molar-refractivity contribution in [1.82, 2.24) is 35.4 Å². The molecule has 1 amide bonds. The Bertz CT molecular complexity index is 1440. The molecule has 1 unspecified atom stereocenters. The summed E-state index contributed by atoms with van der Waals surface area (Å²) in [6.07, 6.45) is 2.57. The summed E-state index contributed by atoms with van der Waals surface area (Å²) < 4.78 is 5.48. The number of aromatic amines is 2. The summed E-state index contributed by atoms with van der Waals surface area (Å²) in [5.74, 6) is 11.3. The zero-order valence-corrected chi connectivity index (χ0v) is 21.1. The number of Topliss-reactive ketones (excluding diaryl/α,β-unsaturated/α-hetero) is 1. The van der Waals surface area contributed by atoms with Crippen LogP contribution in [0, 0.1) is 6.92 Å². The van der Waals surface area contributed by atoms with Gasteiger partial charge in [0.15, 0.2) is 6.29 Å². The van der Waals surface area contributed by atoms with E-state index in [0.29, 0.717) is 54.2 Å². The molecule has 0 spiro atoms. The summed E-state index contributed by atoms with van der Waals surface area (Å²) in [4.78, 5) is 37.8. The van der Waals surface area contributed by atoms with Crippen LogP contribution in [-0.4, -0.2) is 81.2 Å². The maximum Gasteiger partial charge on any atom is 0.295 e. The van der Waals surface area contributed by atoms with Gasteiger partial charge in [-0.3, -0.25) is 30.4 Å². The van der Waals surface area contributed by atoms with Gasteiger partial charge in [-0.15, -0.1) is 0 Å². The lowest BCUT2D eigenvalue weighted by Crippen LogP contribution is -2.65. The van der Waals surface area contributed by atoms with Crippen molar-refractivity contribution in [3.8, 4) is 17.1 Å². The lowest BCUT2D eigenvalue weighted by atomic mass is 10.1. The highest BCUT2D eigenvalue weighted by Crippen LogP contribution is 2.34. The monoisotopic (exact) mass is 518 g/mol. The van der Waals surface area contributed by atoms with Crippen LogP contribution < -0.4 is 26.9 Å². The molecule has 13 nitrogen and oxygen atoms in total. The topological polar surface area (TPSA) is 175 Å². The predicted molar refractivity (Wildman–Crippen MR) is 142 cm³/mol. The number of hydrogen-bond donors (Lipinski definition) is 5. The van der Waals surface area contributed by atoms with Crippen LogP contribution >= 0.6 is 0 Å². The van der Waals surface area contributed by atoms with Crippen molar-refractivity contribution in [2.24, 2.45) is 11.7 Å². The van der Waals surface area contributed by atoms with Crippen molar-refractivity contribution in [2.45, 2.75) is 13.2 Å². The lowest BCUT2D eigenvalue weighted by Gasteiger charge is -2.42. The number of rotatable bonds is 8. The average molecular weight is 519 g/mol. The van der Waals surface area contributed by atoms with E-state index in [1.54, 1.807) is 4.90 Å². The number of carbonyl (C=O) groups is 2. The quantitative estimate of drug-likeness (QED) is 0.0735. The van der Waals surface area contributed by atoms with Crippen LogP contribution in [0.15, 0.2) is 48.8 Å². The summed E-state index contributed by atoms with van der Waals surface area (Å²) in [5.41, 5.74) is 6.35. The molecule has 13 heteroatoms. The number of fused-ring (bicyclic) bond motifs is 1. The predicted octanol–water partition coefficient (Wildman–Crippen LogP) is 0.724. The Balaban J connectivity index is 1.33. The van der Waals surface area contributed by atoms with Gasteiger partial charge in [0.05, 0.1) is 35.5 Å². The number of ketones is 1. The van der Waals surface area contributed by atoms with Crippen LogP contribution in [0.5, 0.6) is 5.75 Å². The minimum atomic E-state index is -0.628. The van der Waals surface area contributed by atoms with Crippen molar-refractivity contribution >= 4 is 28.3 Å². The van der Waals surface area contributed by atoms with Crippen molar-refractivity contribution in [2.75, 3.05) is 38.3 Å². The Hall–Kier alpha value is -4.30. The number of H-pyrrole nitrogens is 2. The highest BCUT2D eigenvalue weighted by Gasteiger charge is 2.33. The zero-order valence-electron chi connectivity index (χ0n) is 21.1. The number of methoxy groups -OCH3 is 1. The number of benzene rings is 1. The van der Waals surface area contributed by atoms with Gasteiger partial charge in [0.1, 0.15) is 17.1 Å². The first kappa shape index (κ1) is 25.4. The molecular formula is C25H30N10O3. The van der Waals surface area contributed by atoms with Gasteiger partial charge in [0.25, 0.3) is 11.7 Å². The first-order valence-corrected chi connectivity index (χ1v) is 12.1. The molecule has 4 aromatic rings. The SMILES string of the molecule is COc1cnc(-c2cc(C)[nH]n2)c2[nH]cc(C(=O)C(=O)N3CCN(C(NN)N(N)c4ccccc4)CC3)c12. The Labute approximate surface area is 218 Å². The van der Waals surface area contributed by atoms with E-state index in [9.17, 15) is 9.59 Å². The second-order valence-corrected chi connectivity index (χ2v) is 9.00. The first-order chi connectivity index (χ1) is 18.4. The summed E-state index contributed by atoms with van der Waals surface area (Å²) in [6.45, 7) is 3.50. The first-order valence-electron chi connectivity index (χ1n) is 12.1. The molecular weight excluding hydrogens is 488 g/mol. The number of ether oxygens (including phenoxy) is 1. The van der Waals surface area contributed by atoms with E-state index in [4.69, 9.17) is 16.4 Å². The molecule has 1 aliphatic heterocycles. The molecule has 4 heterocycles. The molecule has 0 radical (unpaired) electrons. The fourth-order valence-electron chi connectivity index (χ4n) is 4.72. The highest BCUT2D eigenvalue weighted by molar-refractivity contribution is 6.45. The number of piperazine rings is 1. The van der Waals surface area contributed by atoms with E-state index in [1.165, 1.54) is 24.5 Å². The average Bonchev–Trinajstić information content (AvgIpc) is 3.60. The number of hydrazine groups is 2. The van der Waals surface area contributed by atoms with Gasteiger partial charge in [0, 0.05) is 38.1 Å². The third-order valence-electron chi connectivity index (χ3n) is 6.70. The molecule has 5 rings (SSSR count). The fraction of sp³-hybridized carbons (Fsp3) is 0.280. The molecule has 38 heavy (non-hydrogen) atoms. The number of amides is 1. The number of para-hydroxylation sites is 1. The molecule has 1 atom stereocenters. The van der Waals surface area contributed by atoms with E-state index in [2.05, 4.69) is 25.6 Å². The maximum atomic E-state index is 13.4. The smallest absolute Gasteiger partial charge is 0.295 e. The largest absolute Gasteiger partial charge is 0.494 e. The number of nitrogens with one attached hydrogen (secondary N) is 3. The third-order valence-corrected chi connectivity index (χ3v) is 6.70. The van der Waals surface area contributed by atoms with Gasteiger partial charge in [-0.25, -0.2) is 16.3 Å². The molecule has 1 aliphatic rings. The maximum absolute atomic E-state index is 13.4. The number of carbonyl (C=O) groups excluding carboxylic acids is 2. The number of aromatic nitrogens is 4. The molecule has 0 saturated carbocycles. The second kappa shape index (κ2) is 10.6. The van der Waals surface area contributed by atoms with Crippen molar-refractivity contribution in [1.29, 1.82) is 0 Å². The molecule has 198 valence electrons. The van der Waals surface area contributed by atoms with Gasteiger partial charge in [0.2, 0.25) is 0 Å². The summed E-state index contributed by atoms with van der Waals surface area (Å²) >= 11 is 0. The number of nitrogens with zero attached hydrogens (tertiary/aromatic N) is 5. The molecule has 1 saturated heterocycles. The Morgan fingerprint density at radius 2 is 1.92 bits per heavy atom. The number of pyridine rings is 1. The number of hydrogen-bond acceptors (Lipinski definition) is 10. The lowest BCUT2D eigenvalue weighted by molar-refractivity contribution is -0.128. The molecule has 1 fully saturated rings. The second-order valence-electron chi connectivity index (χ2n) is 9.00. The third kappa shape index (κ3) is 4.59. The van der Waals surface area contributed by atoms with Crippen LogP contribution in [0.4, 0.5) is 5.69 Å². The van der Waals surface area contributed by atoms with Crippen molar-refractivity contribution < 1.29 is 14.3 Å². The fourth-order valence-corrected chi connectivity index (χ4v) is 4.72. The Morgan fingerprint density at radius 1 is 1.18 bits per heavy atom. The normalized spacial score (nSPS) is 15.0. The molecule has 3 aromatic heterocycles. The van der Waals surface area contributed by atoms with Gasteiger partial charge in [-0.1, -0.05) is 18.2 Å². The number of aryl methyl sites for hydroxylation is 1. The Kier molecular flexibility index (Phi) is 7.07. The molecule has 1 aromatic carbocycles. The molecule has 0 bridgehead atoms. The van der Waals surface area contributed by atoms with Crippen molar-refractivity contribution in [3.63, 3.8) is 0 Å². The minimum absolute atomic E-state index is 0.221. The van der Waals surface area contributed by atoms with Gasteiger partial charge in [-0.2, -0.15) is 5.10 Å². The van der Waals surface area contributed by atoms with E-state index in [0.717, 1.165) is 11.4 Å². The van der Waals surface area contributed by atoms with Gasteiger partial charge in [-0.05, 0) is 25.1 Å². The summed E-state index contributed by atoms with van der Waals surface area (Å²) in [6, 6.07) is 11.3. The van der Waals surface area contributed by atoms with Crippen LogP contribution in [0.2, 0.25) is 0 Å². The number of anilines is 1. The van der Waals surface area contributed by atoms with Crippen molar-refractivity contribution in [3.05, 3.63) is 60.0 Å². The molecule has 0 aliphatic carbocycles. The number of nitrogens with two attached hydrogens (primary N) is 2. The summed E-state index contributed by atoms with van der Waals surface area (Å²) in [5, 5.41) is 9.19. The van der Waals surface area contributed by atoms with E-state index >= 15 is 0 Å². The highest BCUT2D eigenvalue weighted by atomic mass is 16.5. The van der Waals surface area contributed by atoms with E-state index in [-0.39, 0.29) is 5.56 Å². The van der Waals surface area contributed by atoms with Crippen LogP contribution in [0.3, 0.4) is 0 Å². The minimum Gasteiger partial charge on any atom is -0.494 e. The standard InChI is InChI=1S/C25H30N10O3/c1-15-12-18(32-31-15)21-22-20(19(38-2)14-29-21)17(13-28-22)23(36)24(37)33-8-10-34(11-9-33)25(30-26)35(27)16-6-4-3-5-7-16/h3-7,12-14,25,28,30H,8-11,26-27H2,1-2H3,(H,31,32). The van der Waals surface area contributed by atoms with Crippen LogP contribution in [0.1, 0.15) is 16.1 Å². The van der Waals surface area contributed by atoms with E-state index in [1.807, 2.05) is 48.2 Å². The molecule has 7 N–H and O–H groups in total. The zero-order chi connectivity index (χ0) is 26.8. The van der Waals surface area contributed by atoms with Crippen LogP contribution in [0.25, 0.3) is 22.3 Å². The van der Waals surface area contributed by atoms with Crippen LogP contribution in [-0.2, 0) is 4.79 Å².